The minimum atomic E-state index is 0.617. The summed E-state index contributed by atoms with van der Waals surface area (Å²) in [4.78, 5) is 1.20. The number of nitrogens with one attached hydrogen (secondary N) is 2. The van der Waals surface area contributed by atoms with Gasteiger partial charge in [-0.25, -0.2) is 0 Å². The molecule has 0 bridgehead atoms. The van der Waals surface area contributed by atoms with Crippen LogP contribution in [0.15, 0.2) is 53.4 Å². The van der Waals surface area contributed by atoms with Gasteiger partial charge in [0, 0.05) is 27.9 Å². The van der Waals surface area contributed by atoms with Crippen molar-refractivity contribution >= 4 is 46.4 Å². The van der Waals surface area contributed by atoms with Gasteiger partial charge in [-0.3, -0.25) is 0 Å². The van der Waals surface area contributed by atoms with Crippen LogP contribution in [0, 0.1) is 0 Å². The molecule has 0 aliphatic carbocycles. The molecule has 0 saturated heterocycles. The van der Waals surface area contributed by atoms with Crippen LogP contribution in [0.2, 0.25) is 5.02 Å². The van der Waals surface area contributed by atoms with Crippen molar-refractivity contribution in [1.82, 2.24) is 5.32 Å². The van der Waals surface area contributed by atoms with E-state index in [1.54, 1.807) is 11.8 Å². The van der Waals surface area contributed by atoms with Crippen LogP contribution in [0.25, 0.3) is 0 Å². The predicted octanol–water partition coefficient (Wildman–Crippen LogP) is 4.82. The highest BCUT2D eigenvalue weighted by molar-refractivity contribution is 7.99. The summed E-state index contributed by atoms with van der Waals surface area (Å²) in [7, 11) is 0. The van der Waals surface area contributed by atoms with Crippen LogP contribution in [0.1, 0.15) is 6.92 Å². The van der Waals surface area contributed by atoms with E-state index in [1.165, 1.54) is 4.90 Å². The molecule has 0 saturated carbocycles. The van der Waals surface area contributed by atoms with E-state index in [0.717, 1.165) is 28.8 Å². The molecular weight excluding hydrogens is 348 g/mol. The molecule has 3 nitrogen and oxygen atoms in total. The first-order chi connectivity index (χ1) is 11.2. The number of ether oxygens (including phenoxy) is 1. The highest BCUT2D eigenvalue weighted by Gasteiger charge is 1.99. The van der Waals surface area contributed by atoms with Crippen molar-refractivity contribution < 1.29 is 4.74 Å². The molecule has 23 heavy (non-hydrogen) atoms. The molecule has 2 rings (SSSR count). The van der Waals surface area contributed by atoms with Gasteiger partial charge in [0.25, 0.3) is 0 Å². The molecule has 122 valence electrons. The molecule has 0 heterocycles. The SMILES string of the molecule is CCOc1ccc(NC(=S)NCCSc2ccc(Cl)cc2)cc1. The molecule has 2 N–H and O–H groups in total. The Bertz CT molecular complexity index is 617. The van der Waals surface area contributed by atoms with Crippen molar-refractivity contribution in [3.05, 3.63) is 53.6 Å². The van der Waals surface area contributed by atoms with Gasteiger partial charge in [0.2, 0.25) is 0 Å². The first kappa shape index (κ1) is 17.9. The van der Waals surface area contributed by atoms with E-state index in [0.29, 0.717) is 11.7 Å². The molecule has 0 amide bonds. The lowest BCUT2D eigenvalue weighted by molar-refractivity contribution is 0.340. The average Bonchev–Trinajstić information content (AvgIpc) is 2.55. The minimum absolute atomic E-state index is 0.617. The Labute approximate surface area is 151 Å². The maximum Gasteiger partial charge on any atom is 0.170 e. The van der Waals surface area contributed by atoms with Crippen molar-refractivity contribution in [1.29, 1.82) is 0 Å². The molecule has 0 spiro atoms. The Morgan fingerprint density at radius 2 is 1.83 bits per heavy atom. The van der Waals surface area contributed by atoms with Gasteiger partial charge < -0.3 is 15.4 Å². The van der Waals surface area contributed by atoms with Crippen LogP contribution < -0.4 is 15.4 Å². The zero-order chi connectivity index (χ0) is 16.5. The van der Waals surface area contributed by atoms with E-state index >= 15 is 0 Å². The molecule has 0 aliphatic rings. The number of hydrogen-bond donors (Lipinski definition) is 2. The summed E-state index contributed by atoms with van der Waals surface area (Å²) in [6.45, 7) is 3.42. The van der Waals surface area contributed by atoms with Gasteiger partial charge in [0.05, 0.1) is 6.61 Å². The average molecular weight is 367 g/mol. The number of benzene rings is 2. The topological polar surface area (TPSA) is 33.3 Å². The summed E-state index contributed by atoms with van der Waals surface area (Å²) in [6.07, 6.45) is 0. The van der Waals surface area contributed by atoms with E-state index in [9.17, 15) is 0 Å². The lowest BCUT2D eigenvalue weighted by Gasteiger charge is -2.11. The van der Waals surface area contributed by atoms with Crippen molar-refractivity contribution in [3.63, 3.8) is 0 Å². The van der Waals surface area contributed by atoms with Gasteiger partial charge in [0.1, 0.15) is 5.75 Å². The van der Waals surface area contributed by atoms with Crippen molar-refractivity contribution in [2.75, 3.05) is 24.2 Å². The van der Waals surface area contributed by atoms with Gasteiger partial charge in [0.15, 0.2) is 5.11 Å². The summed E-state index contributed by atoms with van der Waals surface area (Å²) in [5, 5.41) is 7.72. The lowest BCUT2D eigenvalue weighted by Crippen LogP contribution is -2.30. The fourth-order valence-electron chi connectivity index (χ4n) is 1.84. The molecule has 0 aromatic heterocycles. The highest BCUT2D eigenvalue weighted by atomic mass is 35.5. The Balaban J connectivity index is 1.67. The van der Waals surface area contributed by atoms with E-state index in [2.05, 4.69) is 10.6 Å². The number of thiocarbonyl (C=S) groups is 1. The monoisotopic (exact) mass is 366 g/mol. The molecular formula is C17H19ClN2OS2. The number of hydrogen-bond acceptors (Lipinski definition) is 3. The molecule has 0 atom stereocenters. The first-order valence-corrected chi connectivity index (χ1v) is 9.10. The van der Waals surface area contributed by atoms with Gasteiger partial charge in [-0.15, -0.1) is 11.8 Å². The van der Waals surface area contributed by atoms with Crippen molar-refractivity contribution in [3.8, 4) is 5.75 Å². The molecule has 0 aliphatic heterocycles. The van der Waals surface area contributed by atoms with Gasteiger partial charge in [-0.05, 0) is 67.7 Å². The number of rotatable bonds is 7. The Morgan fingerprint density at radius 1 is 1.13 bits per heavy atom. The normalized spacial score (nSPS) is 10.2. The number of halogens is 1. The van der Waals surface area contributed by atoms with E-state index in [-0.39, 0.29) is 0 Å². The van der Waals surface area contributed by atoms with Gasteiger partial charge in [-0.1, -0.05) is 11.6 Å². The zero-order valence-corrected chi connectivity index (χ0v) is 15.2. The summed E-state index contributed by atoms with van der Waals surface area (Å²) >= 11 is 12.9. The quantitative estimate of drug-likeness (QED) is 0.417. The van der Waals surface area contributed by atoms with Crippen molar-refractivity contribution in [2.24, 2.45) is 0 Å². The zero-order valence-electron chi connectivity index (χ0n) is 12.8. The standard InChI is InChI=1S/C17H19ClN2OS2/c1-2-21-15-7-5-14(6-8-15)20-17(22)19-11-12-23-16-9-3-13(18)4-10-16/h3-10H,2,11-12H2,1H3,(H2,19,20,22). The smallest absolute Gasteiger partial charge is 0.170 e. The van der Waals surface area contributed by atoms with E-state index in [1.807, 2.05) is 55.5 Å². The number of anilines is 1. The third-order valence-electron chi connectivity index (χ3n) is 2.89. The molecule has 6 heteroatoms. The van der Waals surface area contributed by atoms with Crippen LogP contribution in [0.4, 0.5) is 5.69 Å². The van der Waals surface area contributed by atoms with Crippen LogP contribution in [-0.2, 0) is 0 Å². The Hall–Kier alpha value is -1.43. The van der Waals surface area contributed by atoms with E-state index in [4.69, 9.17) is 28.6 Å². The third-order valence-corrected chi connectivity index (χ3v) is 4.41. The summed E-state index contributed by atoms with van der Waals surface area (Å²) in [5.74, 6) is 1.78. The Kier molecular flexibility index (Phi) is 7.52. The van der Waals surface area contributed by atoms with Crippen LogP contribution >= 0.6 is 35.6 Å². The summed E-state index contributed by atoms with van der Waals surface area (Å²) < 4.78 is 5.41. The maximum atomic E-state index is 5.86. The molecule has 0 fully saturated rings. The maximum absolute atomic E-state index is 5.86. The summed E-state index contributed by atoms with van der Waals surface area (Å²) in [6, 6.07) is 15.6. The molecule has 0 unspecified atom stereocenters. The second-order valence-electron chi connectivity index (χ2n) is 4.64. The van der Waals surface area contributed by atoms with E-state index < -0.39 is 0 Å². The van der Waals surface area contributed by atoms with Gasteiger partial charge >= 0.3 is 0 Å². The Morgan fingerprint density at radius 3 is 2.48 bits per heavy atom. The third kappa shape index (κ3) is 6.69. The highest BCUT2D eigenvalue weighted by Crippen LogP contribution is 2.19. The van der Waals surface area contributed by atoms with Crippen molar-refractivity contribution in [2.45, 2.75) is 11.8 Å². The van der Waals surface area contributed by atoms with Crippen LogP contribution in [0.3, 0.4) is 0 Å². The fourth-order valence-corrected chi connectivity index (χ4v) is 2.95. The van der Waals surface area contributed by atoms with Crippen LogP contribution in [-0.4, -0.2) is 24.0 Å². The fraction of sp³-hybridized carbons (Fsp3) is 0.235. The first-order valence-electron chi connectivity index (χ1n) is 7.33. The predicted molar refractivity (Wildman–Crippen MR) is 104 cm³/mol. The molecule has 0 radical (unpaired) electrons. The van der Waals surface area contributed by atoms with Gasteiger partial charge in [-0.2, -0.15) is 0 Å². The second-order valence-corrected chi connectivity index (χ2v) is 6.65. The lowest BCUT2D eigenvalue weighted by atomic mass is 10.3. The second kappa shape index (κ2) is 9.65. The minimum Gasteiger partial charge on any atom is -0.494 e. The summed E-state index contributed by atoms with van der Waals surface area (Å²) in [5.41, 5.74) is 0.941. The largest absolute Gasteiger partial charge is 0.494 e. The van der Waals surface area contributed by atoms with Crippen LogP contribution in [0.5, 0.6) is 5.75 Å². The number of thioether (sulfide) groups is 1. The molecule has 2 aromatic rings. The molecule has 2 aromatic carbocycles.